The molecule has 0 saturated heterocycles. The Morgan fingerprint density at radius 3 is 2.59 bits per heavy atom. The van der Waals surface area contributed by atoms with Gasteiger partial charge < -0.3 is 4.74 Å². The summed E-state index contributed by atoms with van der Waals surface area (Å²) in [6, 6.07) is 0.334. The van der Waals surface area contributed by atoms with Crippen LogP contribution in [0.25, 0.3) is 0 Å². The predicted molar refractivity (Wildman–Crippen MR) is 70.4 cm³/mol. The van der Waals surface area contributed by atoms with E-state index in [2.05, 4.69) is 12.3 Å². The SMILES string of the molecule is COC1(C(CC2CCC2)NN)CCCC(C)C1. The Hall–Kier alpha value is -0.120. The van der Waals surface area contributed by atoms with Gasteiger partial charge in [0, 0.05) is 7.11 Å². The maximum Gasteiger partial charge on any atom is 0.0847 e. The van der Waals surface area contributed by atoms with Gasteiger partial charge in [-0.15, -0.1) is 0 Å². The average molecular weight is 240 g/mol. The number of hydrazine groups is 1. The van der Waals surface area contributed by atoms with Crippen molar-refractivity contribution in [1.82, 2.24) is 5.43 Å². The number of nitrogens with one attached hydrogen (secondary N) is 1. The molecule has 0 aromatic heterocycles. The third kappa shape index (κ3) is 2.83. The number of hydrogen-bond donors (Lipinski definition) is 2. The van der Waals surface area contributed by atoms with Crippen LogP contribution in [0.5, 0.6) is 0 Å². The second-order valence-electron chi connectivity index (χ2n) is 6.22. The van der Waals surface area contributed by atoms with Crippen LogP contribution >= 0.6 is 0 Å². The molecule has 0 aliphatic heterocycles. The van der Waals surface area contributed by atoms with E-state index in [1.54, 1.807) is 0 Å². The van der Waals surface area contributed by atoms with Gasteiger partial charge in [0.05, 0.1) is 11.6 Å². The monoisotopic (exact) mass is 240 g/mol. The fourth-order valence-corrected chi connectivity index (χ4v) is 3.68. The van der Waals surface area contributed by atoms with Gasteiger partial charge >= 0.3 is 0 Å². The molecule has 2 saturated carbocycles. The van der Waals surface area contributed by atoms with Gasteiger partial charge in [-0.05, 0) is 31.1 Å². The third-order valence-corrected chi connectivity index (χ3v) is 5.03. The molecule has 0 radical (unpaired) electrons. The van der Waals surface area contributed by atoms with E-state index in [9.17, 15) is 0 Å². The van der Waals surface area contributed by atoms with Crippen molar-refractivity contribution >= 4 is 0 Å². The zero-order valence-corrected chi connectivity index (χ0v) is 11.4. The third-order valence-electron chi connectivity index (χ3n) is 5.03. The van der Waals surface area contributed by atoms with Crippen molar-refractivity contribution in [1.29, 1.82) is 0 Å². The highest BCUT2D eigenvalue weighted by Crippen LogP contribution is 2.41. The molecule has 0 aromatic carbocycles. The first-order chi connectivity index (χ1) is 8.20. The first-order valence-corrected chi connectivity index (χ1v) is 7.21. The van der Waals surface area contributed by atoms with Crippen molar-refractivity contribution in [3.8, 4) is 0 Å². The number of rotatable bonds is 5. The summed E-state index contributed by atoms with van der Waals surface area (Å²) < 4.78 is 5.93. The minimum Gasteiger partial charge on any atom is -0.377 e. The van der Waals surface area contributed by atoms with Crippen LogP contribution in [0.15, 0.2) is 0 Å². The molecule has 3 unspecified atom stereocenters. The molecule has 3 atom stereocenters. The summed E-state index contributed by atoms with van der Waals surface area (Å²) in [5.41, 5.74) is 3.05. The molecule has 0 heterocycles. The summed E-state index contributed by atoms with van der Waals surface area (Å²) >= 11 is 0. The van der Waals surface area contributed by atoms with Crippen molar-refractivity contribution in [2.24, 2.45) is 17.7 Å². The van der Waals surface area contributed by atoms with Crippen LogP contribution in [0.2, 0.25) is 0 Å². The Morgan fingerprint density at radius 1 is 1.35 bits per heavy atom. The fourth-order valence-electron chi connectivity index (χ4n) is 3.68. The number of methoxy groups -OCH3 is 1. The second kappa shape index (κ2) is 5.68. The summed E-state index contributed by atoms with van der Waals surface area (Å²) in [4.78, 5) is 0. The maximum atomic E-state index is 5.93. The lowest BCUT2D eigenvalue weighted by molar-refractivity contribution is -0.0860. The number of ether oxygens (including phenoxy) is 1. The molecule has 0 spiro atoms. The summed E-state index contributed by atoms with van der Waals surface area (Å²) in [5, 5.41) is 0. The molecule has 3 nitrogen and oxygen atoms in total. The van der Waals surface area contributed by atoms with E-state index in [0.29, 0.717) is 6.04 Å². The van der Waals surface area contributed by atoms with E-state index in [1.807, 2.05) is 7.11 Å². The van der Waals surface area contributed by atoms with Crippen molar-refractivity contribution in [3.63, 3.8) is 0 Å². The van der Waals surface area contributed by atoms with Gasteiger partial charge in [-0.1, -0.05) is 39.0 Å². The summed E-state index contributed by atoms with van der Waals surface area (Å²) in [7, 11) is 1.86. The normalized spacial score (nSPS) is 36.5. The van der Waals surface area contributed by atoms with Crippen LogP contribution in [-0.2, 0) is 4.74 Å². The van der Waals surface area contributed by atoms with E-state index < -0.39 is 0 Å². The summed E-state index contributed by atoms with van der Waals surface area (Å²) in [6.07, 6.45) is 10.3. The summed E-state index contributed by atoms with van der Waals surface area (Å²) in [6.45, 7) is 2.34. The largest absolute Gasteiger partial charge is 0.377 e. The van der Waals surface area contributed by atoms with Gasteiger partial charge in [0.2, 0.25) is 0 Å². The lowest BCUT2D eigenvalue weighted by Crippen LogP contribution is -2.57. The van der Waals surface area contributed by atoms with Gasteiger partial charge in [0.15, 0.2) is 0 Å². The number of hydrogen-bond acceptors (Lipinski definition) is 3. The molecule has 3 heteroatoms. The van der Waals surface area contributed by atoms with Crippen LogP contribution in [0.4, 0.5) is 0 Å². The van der Waals surface area contributed by atoms with E-state index in [0.717, 1.165) is 24.7 Å². The average Bonchev–Trinajstić information content (AvgIpc) is 2.27. The fraction of sp³-hybridized carbons (Fsp3) is 1.00. The molecule has 2 rings (SSSR count). The van der Waals surface area contributed by atoms with Gasteiger partial charge in [0.25, 0.3) is 0 Å². The van der Waals surface area contributed by atoms with Gasteiger partial charge in [-0.25, -0.2) is 0 Å². The lowest BCUT2D eigenvalue weighted by Gasteiger charge is -2.46. The topological polar surface area (TPSA) is 47.3 Å². The molecule has 0 aromatic rings. The van der Waals surface area contributed by atoms with Crippen LogP contribution in [0.3, 0.4) is 0 Å². The van der Waals surface area contributed by atoms with Crippen LogP contribution in [0.1, 0.15) is 58.3 Å². The predicted octanol–water partition coefficient (Wildman–Crippen LogP) is 2.60. The molecule has 2 aliphatic carbocycles. The van der Waals surface area contributed by atoms with E-state index in [-0.39, 0.29) is 5.60 Å². The highest BCUT2D eigenvalue weighted by molar-refractivity contribution is 4.97. The molecular formula is C14H28N2O. The smallest absolute Gasteiger partial charge is 0.0847 e. The zero-order valence-electron chi connectivity index (χ0n) is 11.4. The van der Waals surface area contributed by atoms with Crippen molar-refractivity contribution in [3.05, 3.63) is 0 Å². The van der Waals surface area contributed by atoms with Gasteiger partial charge in [-0.3, -0.25) is 11.3 Å². The van der Waals surface area contributed by atoms with Crippen molar-refractivity contribution < 1.29 is 4.74 Å². The number of nitrogens with two attached hydrogens (primary N) is 1. The van der Waals surface area contributed by atoms with Gasteiger partial charge in [-0.2, -0.15) is 0 Å². The van der Waals surface area contributed by atoms with Crippen LogP contribution in [-0.4, -0.2) is 18.8 Å². The van der Waals surface area contributed by atoms with E-state index in [1.165, 1.54) is 38.5 Å². The molecule has 2 fully saturated rings. The Balaban J connectivity index is 2.01. The quantitative estimate of drug-likeness (QED) is 0.573. The Bertz CT molecular complexity index is 242. The first kappa shape index (κ1) is 13.3. The standard InChI is InChI=1S/C14H28N2O/c1-11-5-4-8-14(10-11,17-2)13(16-15)9-12-6-3-7-12/h11-13,16H,3-10,15H2,1-2H3. The second-order valence-corrected chi connectivity index (χ2v) is 6.22. The van der Waals surface area contributed by atoms with E-state index >= 15 is 0 Å². The minimum absolute atomic E-state index is 0.0119. The molecule has 2 aliphatic rings. The van der Waals surface area contributed by atoms with Crippen molar-refractivity contribution in [2.45, 2.75) is 69.9 Å². The van der Waals surface area contributed by atoms with Crippen LogP contribution < -0.4 is 11.3 Å². The molecule has 0 amide bonds. The highest BCUT2D eigenvalue weighted by atomic mass is 16.5. The van der Waals surface area contributed by atoms with E-state index in [4.69, 9.17) is 10.6 Å². The zero-order chi connectivity index (χ0) is 12.3. The minimum atomic E-state index is -0.0119. The summed E-state index contributed by atoms with van der Waals surface area (Å²) in [5.74, 6) is 7.45. The Kier molecular flexibility index (Phi) is 4.45. The van der Waals surface area contributed by atoms with Crippen LogP contribution in [0, 0.1) is 11.8 Å². The maximum absolute atomic E-state index is 5.93. The Labute approximate surface area is 105 Å². The molecule has 100 valence electrons. The first-order valence-electron chi connectivity index (χ1n) is 7.21. The Morgan fingerprint density at radius 2 is 2.12 bits per heavy atom. The molecule has 0 bridgehead atoms. The molecular weight excluding hydrogens is 212 g/mol. The molecule has 17 heavy (non-hydrogen) atoms. The van der Waals surface area contributed by atoms with Crippen molar-refractivity contribution in [2.75, 3.05) is 7.11 Å². The highest BCUT2D eigenvalue weighted by Gasteiger charge is 2.43. The van der Waals surface area contributed by atoms with Gasteiger partial charge in [0.1, 0.15) is 0 Å². The molecule has 3 N–H and O–H groups in total. The lowest BCUT2D eigenvalue weighted by atomic mass is 9.70.